The molecule has 0 bridgehead atoms. The van der Waals surface area contributed by atoms with Gasteiger partial charge in [-0.3, -0.25) is 0 Å². The van der Waals surface area contributed by atoms with Crippen molar-refractivity contribution in [1.29, 1.82) is 5.26 Å². The van der Waals surface area contributed by atoms with E-state index in [2.05, 4.69) is 11.4 Å². The Balaban J connectivity index is 2.06. The minimum atomic E-state index is 0.118. The molecule has 0 saturated heterocycles. The van der Waals surface area contributed by atoms with Crippen molar-refractivity contribution in [1.82, 2.24) is 0 Å². The van der Waals surface area contributed by atoms with Crippen molar-refractivity contribution in [3.05, 3.63) is 53.6 Å². The number of methoxy groups -OCH3 is 1. The molecule has 0 aliphatic rings. The molecule has 2 aromatic carbocycles. The summed E-state index contributed by atoms with van der Waals surface area (Å²) in [5, 5.41) is 21.7. The van der Waals surface area contributed by atoms with Gasteiger partial charge in [0.1, 0.15) is 0 Å². The molecule has 0 amide bonds. The molecule has 96 valence electrons. The van der Waals surface area contributed by atoms with E-state index in [1.165, 1.54) is 7.11 Å². The van der Waals surface area contributed by atoms with Gasteiger partial charge in [-0.15, -0.1) is 0 Å². The Morgan fingerprint density at radius 1 is 1.26 bits per heavy atom. The van der Waals surface area contributed by atoms with Gasteiger partial charge in [0, 0.05) is 12.2 Å². The zero-order valence-electron chi connectivity index (χ0n) is 10.6. The molecule has 0 fully saturated rings. The number of phenolic OH excluding ortho intramolecular Hbond substituents is 1. The lowest BCUT2D eigenvalue weighted by molar-refractivity contribution is 0.373. The second-order valence-electron chi connectivity index (χ2n) is 4.05. The highest BCUT2D eigenvalue weighted by Crippen LogP contribution is 2.26. The first-order valence-corrected chi connectivity index (χ1v) is 5.83. The van der Waals surface area contributed by atoms with Gasteiger partial charge in [-0.1, -0.05) is 12.1 Å². The minimum Gasteiger partial charge on any atom is -0.504 e. The zero-order valence-corrected chi connectivity index (χ0v) is 10.6. The van der Waals surface area contributed by atoms with Crippen LogP contribution in [0.5, 0.6) is 11.5 Å². The Morgan fingerprint density at radius 3 is 2.79 bits per heavy atom. The van der Waals surface area contributed by atoms with E-state index >= 15 is 0 Å². The van der Waals surface area contributed by atoms with Crippen molar-refractivity contribution in [3.8, 4) is 17.6 Å². The Bertz CT molecular complexity index is 618. The molecule has 0 atom stereocenters. The molecule has 0 aliphatic heterocycles. The van der Waals surface area contributed by atoms with Crippen LogP contribution in [0.3, 0.4) is 0 Å². The zero-order chi connectivity index (χ0) is 13.7. The van der Waals surface area contributed by atoms with Gasteiger partial charge in [0.25, 0.3) is 0 Å². The van der Waals surface area contributed by atoms with E-state index < -0.39 is 0 Å². The van der Waals surface area contributed by atoms with Crippen LogP contribution in [-0.4, -0.2) is 12.2 Å². The van der Waals surface area contributed by atoms with E-state index in [0.717, 1.165) is 11.3 Å². The maximum Gasteiger partial charge on any atom is 0.160 e. The molecule has 0 heterocycles. The number of phenols is 1. The standard InChI is InChI=1S/C15H14N2O2/c1-19-15-6-5-12(8-14(15)18)10-17-13-4-2-3-11(7-13)9-16/h2-8,17-18H,10H2,1H3. The third-order valence-electron chi connectivity index (χ3n) is 2.73. The number of nitriles is 1. The third-order valence-corrected chi connectivity index (χ3v) is 2.73. The van der Waals surface area contributed by atoms with Crippen LogP contribution in [-0.2, 0) is 6.54 Å². The monoisotopic (exact) mass is 254 g/mol. The number of hydrogen-bond donors (Lipinski definition) is 2. The van der Waals surface area contributed by atoms with Crippen molar-refractivity contribution in [2.24, 2.45) is 0 Å². The molecule has 0 aliphatic carbocycles. The number of hydrogen-bond acceptors (Lipinski definition) is 4. The summed E-state index contributed by atoms with van der Waals surface area (Å²) >= 11 is 0. The molecule has 2 rings (SSSR count). The molecular formula is C15H14N2O2. The second-order valence-corrected chi connectivity index (χ2v) is 4.05. The average Bonchev–Trinajstić information content (AvgIpc) is 2.45. The minimum absolute atomic E-state index is 0.118. The number of nitrogens with one attached hydrogen (secondary N) is 1. The van der Waals surface area contributed by atoms with E-state index in [-0.39, 0.29) is 5.75 Å². The van der Waals surface area contributed by atoms with Crippen LogP contribution in [0, 0.1) is 11.3 Å². The Labute approximate surface area is 111 Å². The van der Waals surface area contributed by atoms with Crippen molar-refractivity contribution in [2.75, 3.05) is 12.4 Å². The van der Waals surface area contributed by atoms with Gasteiger partial charge in [0.05, 0.1) is 18.7 Å². The van der Waals surface area contributed by atoms with Gasteiger partial charge in [-0.25, -0.2) is 0 Å². The van der Waals surface area contributed by atoms with Crippen LogP contribution in [0.4, 0.5) is 5.69 Å². The second kappa shape index (κ2) is 5.78. The molecule has 19 heavy (non-hydrogen) atoms. The summed E-state index contributed by atoms with van der Waals surface area (Å²) in [6.07, 6.45) is 0. The van der Waals surface area contributed by atoms with Gasteiger partial charge >= 0.3 is 0 Å². The van der Waals surface area contributed by atoms with Crippen LogP contribution >= 0.6 is 0 Å². The van der Waals surface area contributed by atoms with E-state index in [4.69, 9.17) is 10.00 Å². The molecule has 2 aromatic rings. The Kier molecular flexibility index (Phi) is 3.89. The number of anilines is 1. The fraction of sp³-hybridized carbons (Fsp3) is 0.133. The smallest absolute Gasteiger partial charge is 0.160 e. The van der Waals surface area contributed by atoms with Crippen LogP contribution in [0.1, 0.15) is 11.1 Å². The first kappa shape index (κ1) is 12.8. The maximum atomic E-state index is 9.67. The van der Waals surface area contributed by atoms with Crippen molar-refractivity contribution >= 4 is 5.69 Å². The largest absolute Gasteiger partial charge is 0.504 e. The highest BCUT2D eigenvalue weighted by atomic mass is 16.5. The fourth-order valence-electron chi connectivity index (χ4n) is 1.75. The van der Waals surface area contributed by atoms with Gasteiger partial charge in [-0.2, -0.15) is 5.26 Å². The van der Waals surface area contributed by atoms with Gasteiger partial charge in [0.2, 0.25) is 0 Å². The van der Waals surface area contributed by atoms with Gasteiger partial charge < -0.3 is 15.2 Å². The Morgan fingerprint density at radius 2 is 2.11 bits per heavy atom. The first-order valence-electron chi connectivity index (χ1n) is 5.83. The molecule has 0 unspecified atom stereocenters. The molecule has 2 N–H and O–H groups in total. The quantitative estimate of drug-likeness (QED) is 0.880. The van der Waals surface area contributed by atoms with Crippen LogP contribution < -0.4 is 10.1 Å². The lowest BCUT2D eigenvalue weighted by Crippen LogP contribution is -1.99. The predicted molar refractivity (Wildman–Crippen MR) is 73.1 cm³/mol. The average molecular weight is 254 g/mol. The fourth-order valence-corrected chi connectivity index (χ4v) is 1.75. The van der Waals surface area contributed by atoms with Crippen LogP contribution in [0.15, 0.2) is 42.5 Å². The van der Waals surface area contributed by atoms with Crippen LogP contribution in [0.2, 0.25) is 0 Å². The molecule has 4 heteroatoms. The molecular weight excluding hydrogens is 240 g/mol. The number of ether oxygens (including phenoxy) is 1. The summed E-state index contributed by atoms with van der Waals surface area (Å²) in [6.45, 7) is 0.562. The summed E-state index contributed by atoms with van der Waals surface area (Å²) in [4.78, 5) is 0. The summed E-state index contributed by atoms with van der Waals surface area (Å²) < 4.78 is 4.99. The lowest BCUT2D eigenvalue weighted by atomic mass is 10.2. The number of benzene rings is 2. The summed E-state index contributed by atoms with van der Waals surface area (Å²) in [7, 11) is 1.51. The number of aromatic hydroxyl groups is 1. The lowest BCUT2D eigenvalue weighted by Gasteiger charge is -2.09. The predicted octanol–water partition coefficient (Wildman–Crippen LogP) is 2.88. The van der Waals surface area contributed by atoms with Crippen molar-refractivity contribution in [2.45, 2.75) is 6.54 Å². The van der Waals surface area contributed by atoms with Crippen LogP contribution in [0.25, 0.3) is 0 Å². The molecule has 4 nitrogen and oxygen atoms in total. The SMILES string of the molecule is COc1ccc(CNc2cccc(C#N)c2)cc1O. The van der Waals surface area contributed by atoms with Gasteiger partial charge in [0.15, 0.2) is 11.5 Å². The maximum absolute atomic E-state index is 9.67. The van der Waals surface area contributed by atoms with Crippen molar-refractivity contribution in [3.63, 3.8) is 0 Å². The van der Waals surface area contributed by atoms with E-state index in [1.54, 1.807) is 24.3 Å². The summed E-state index contributed by atoms with van der Waals surface area (Å²) in [5.41, 5.74) is 2.41. The topological polar surface area (TPSA) is 65.3 Å². The molecule has 0 saturated carbocycles. The van der Waals surface area contributed by atoms with Crippen molar-refractivity contribution < 1.29 is 9.84 Å². The number of rotatable bonds is 4. The summed E-state index contributed by atoms with van der Waals surface area (Å²) in [6, 6.07) is 14.6. The molecule has 0 aromatic heterocycles. The molecule has 0 spiro atoms. The highest BCUT2D eigenvalue weighted by Gasteiger charge is 2.02. The van der Waals surface area contributed by atoms with E-state index in [1.807, 2.05) is 18.2 Å². The Hall–Kier alpha value is -2.67. The first-order chi connectivity index (χ1) is 9.22. The summed E-state index contributed by atoms with van der Waals surface area (Å²) in [5.74, 6) is 0.572. The molecule has 0 radical (unpaired) electrons. The number of nitrogens with zero attached hydrogens (tertiary/aromatic N) is 1. The normalized spacial score (nSPS) is 9.68. The third kappa shape index (κ3) is 3.17. The van der Waals surface area contributed by atoms with Gasteiger partial charge in [-0.05, 0) is 35.9 Å². The van der Waals surface area contributed by atoms with E-state index in [9.17, 15) is 5.11 Å². The highest BCUT2D eigenvalue weighted by molar-refractivity contribution is 5.50. The van der Waals surface area contributed by atoms with E-state index in [0.29, 0.717) is 17.9 Å².